The molecule has 18 heavy (non-hydrogen) atoms. The fourth-order valence-corrected chi connectivity index (χ4v) is 2.20. The number of allylic oxidation sites excluding steroid dienone is 2. The summed E-state index contributed by atoms with van der Waals surface area (Å²) in [5.41, 5.74) is 0.272. The minimum atomic E-state index is -0.474. The molecule has 2 nitrogen and oxygen atoms in total. The predicted octanol–water partition coefficient (Wildman–Crippen LogP) is 3.62. The van der Waals surface area contributed by atoms with E-state index in [0.29, 0.717) is 24.7 Å². The summed E-state index contributed by atoms with van der Waals surface area (Å²) in [5.74, 6) is 0.517. The molecule has 1 aromatic rings. The highest BCUT2D eigenvalue weighted by Crippen LogP contribution is 2.27. The number of rotatable bonds is 4. The average Bonchev–Trinajstić information content (AvgIpc) is 2.39. The summed E-state index contributed by atoms with van der Waals surface area (Å²) in [4.78, 5) is 10.8. The van der Waals surface area contributed by atoms with E-state index in [1.165, 1.54) is 12.1 Å². The molecule has 0 fully saturated rings. The first kappa shape index (κ1) is 12.8. The number of hydrogen-bond donors (Lipinski definition) is 0. The van der Waals surface area contributed by atoms with Gasteiger partial charge in [-0.1, -0.05) is 25.1 Å². The van der Waals surface area contributed by atoms with Crippen LogP contribution < -0.4 is 4.74 Å². The third-order valence-corrected chi connectivity index (χ3v) is 3.48. The van der Waals surface area contributed by atoms with Crippen LogP contribution in [0.5, 0.6) is 5.75 Å². The third kappa shape index (κ3) is 2.78. The second-order valence-electron chi connectivity index (χ2n) is 4.77. The van der Waals surface area contributed by atoms with Gasteiger partial charge in [0.15, 0.2) is 17.9 Å². The van der Waals surface area contributed by atoms with Gasteiger partial charge >= 0.3 is 0 Å². The van der Waals surface area contributed by atoms with Crippen LogP contribution in [0.15, 0.2) is 30.4 Å². The van der Waals surface area contributed by atoms with Crippen LogP contribution in [0.2, 0.25) is 0 Å². The van der Waals surface area contributed by atoms with Crippen molar-refractivity contribution in [1.29, 1.82) is 0 Å². The molecular formula is C15H17FO2. The summed E-state index contributed by atoms with van der Waals surface area (Å²) in [5, 5.41) is 0. The van der Waals surface area contributed by atoms with Crippen molar-refractivity contribution in [2.24, 2.45) is 11.8 Å². The van der Waals surface area contributed by atoms with Crippen LogP contribution >= 0.6 is 0 Å². The number of para-hydroxylation sites is 1. The van der Waals surface area contributed by atoms with E-state index >= 15 is 0 Å². The Morgan fingerprint density at radius 3 is 2.89 bits per heavy atom. The summed E-state index contributed by atoms with van der Waals surface area (Å²) in [6.45, 7) is 2.62. The van der Waals surface area contributed by atoms with Crippen molar-refractivity contribution in [3.05, 3.63) is 41.7 Å². The Balaban J connectivity index is 2.06. The monoisotopic (exact) mass is 248 g/mol. The van der Waals surface area contributed by atoms with Gasteiger partial charge in [0.2, 0.25) is 0 Å². The first-order valence-electron chi connectivity index (χ1n) is 6.24. The standard InChI is InChI=1S/C15H17FO2/c1-11-5-2-3-6-13(11)10-18-15-12(9-17)7-4-8-14(15)16/h2-4,7-9,11,13H,5-6,10H2,1H3. The quantitative estimate of drug-likeness (QED) is 0.601. The molecule has 0 amide bonds. The maximum absolute atomic E-state index is 13.6. The van der Waals surface area contributed by atoms with Crippen molar-refractivity contribution < 1.29 is 13.9 Å². The molecule has 1 aliphatic carbocycles. The molecule has 1 aliphatic rings. The molecule has 0 spiro atoms. The maximum atomic E-state index is 13.6. The van der Waals surface area contributed by atoms with Gasteiger partial charge in [-0.3, -0.25) is 4.79 Å². The Bertz CT molecular complexity index is 454. The van der Waals surface area contributed by atoms with Gasteiger partial charge in [0.05, 0.1) is 12.2 Å². The van der Waals surface area contributed by atoms with Gasteiger partial charge < -0.3 is 4.74 Å². The van der Waals surface area contributed by atoms with E-state index < -0.39 is 5.82 Å². The van der Waals surface area contributed by atoms with Crippen molar-refractivity contribution in [3.8, 4) is 5.75 Å². The molecule has 0 saturated carbocycles. The molecule has 2 rings (SSSR count). The zero-order valence-electron chi connectivity index (χ0n) is 10.4. The second-order valence-corrected chi connectivity index (χ2v) is 4.77. The van der Waals surface area contributed by atoms with Gasteiger partial charge in [0, 0.05) is 0 Å². The van der Waals surface area contributed by atoms with Crippen molar-refractivity contribution >= 4 is 6.29 Å². The summed E-state index contributed by atoms with van der Waals surface area (Å²) in [6, 6.07) is 4.39. The zero-order valence-corrected chi connectivity index (χ0v) is 10.4. The SMILES string of the molecule is CC1CC=CCC1COc1c(F)cccc1C=O. The van der Waals surface area contributed by atoms with E-state index in [9.17, 15) is 9.18 Å². The highest BCUT2D eigenvalue weighted by molar-refractivity contribution is 5.79. The van der Waals surface area contributed by atoms with Gasteiger partial charge in [-0.25, -0.2) is 4.39 Å². The molecule has 0 bridgehead atoms. The maximum Gasteiger partial charge on any atom is 0.165 e. The minimum Gasteiger partial charge on any atom is -0.489 e. The van der Waals surface area contributed by atoms with E-state index in [4.69, 9.17) is 4.74 Å². The zero-order chi connectivity index (χ0) is 13.0. The van der Waals surface area contributed by atoms with Crippen molar-refractivity contribution in [3.63, 3.8) is 0 Å². The number of carbonyl (C=O) groups is 1. The van der Waals surface area contributed by atoms with Crippen LogP contribution in [0.3, 0.4) is 0 Å². The van der Waals surface area contributed by atoms with Crippen LogP contribution in [0.4, 0.5) is 4.39 Å². The molecule has 2 atom stereocenters. The number of hydrogen-bond acceptors (Lipinski definition) is 2. The Hall–Kier alpha value is -1.64. The number of benzene rings is 1. The van der Waals surface area contributed by atoms with Gasteiger partial charge in [-0.15, -0.1) is 0 Å². The van der Waals surface area contributed by atoms with Crippen LogP contribution in [-0.4, -0.2) is 12.9 Å². The van der Waals surface area contributed by atoms with Gasteiger partial charge in [0.1, 0.15) is 0 Å². The van der Waals surface area contributed by atoms with E-state index in [1.54, 1.807) is 6.07 Å². The van der Waals surface area contributed by atoms with Crippen molar-refractivity contribution in [2.45, 2.75) is 19.8 Å². The topological polar surface area (TPSA) is 26.3 Å². The Kier molecular flexibility index (Phi) is 4.13. The predicted molar refractivity (Wildman–Crippen MR) is 68.3 cm³/mol. The number of carbonyl (C=O) groups excluding carboxylic acids is 1. The number of aldehydes is 1. The molecule has 2 unspecified atom stereocenters. The van der Waals surface area contributed by atoms with E-state index in [-0.39, 0.29) is 11.3 Å². The molecule has 96 valence electrons. The lowest BCUT2D eigenvalue weighted by atomic mass is 9.85. The summed E-state index contributed by atoms with van der Waals surface area (Å²) < 4.78 is 19.1. The minimum absolute atomic E-state index is 0.0780. The number of ether oxygens (including phenoxy) is 1. The largest absolute Gasteiger partial charge is 0.489 e. The van der Waals surface area contributed by atoms with Crippen LogP contribution in [0.25, 0.3) is 0 Å². The van der Waals surface area contributed by atoms with Crippen LogP contribution in [-0.2, 0) is 0 Å². The Morgan fingerprint density at radius 2 is 2.17 bits per heavy atom. The van der Waals surface area contributed by atoms with Gasteiger partial charge in [0.25, 0.3) is 0 Å². The van der Waals surface area contributed by atoms with Crippen LogP contribution in [0.1, 0.15) is 30.1 Å². The first-order chi connectivity index (χ1) is 8.72. The lowest BCUT2D eigenvalue weighted by molar-refractivity contribution is 0.111. The normalized spacial score (nSPS) is 22.8. The summed E-state index contributed by atoms with van der Waals surface area (Å²) >= 11 is 0. The molecule has 0 aliphatic heterocycles. The van der Waals surface area contributed by atoms with Crippen molar-refractivity contribution in [2.75, 3.05) is 6.61 Å². The molecule has 0 radical (unpaired) electrons. The molecule has 0 heterocycles. The lowest BCUT2D eigenvalue weighted by Crippen LogP contribution is -2.21. The van der Waals surface area contributed by atoms with E-state index in [0.717, 1.165) is 12.8 Å². The van der Waals surface area contributed by atoms with E-state index in [2.05, 4.69) is 19.1 Å². The fraction of sp³-hybridized carbons (Fsp3) is 0.400. The van der Waals surface area contributed by atoms with Crippen LogP contribution in [0, 0.1) is 17.7 Å². The molecule has 1 aromatic carbocycles. The first-order valence-corrected chi connectivity index (χ1v) is 6.24. The summed E-state index contributed by atoms with van der Waals surface area (Å²) in [7, 11) is 0. The lowest BCUT2D eigenvalue weighted by Gasteiger charge is -2.25. The highest BCUT2D eigenvalue weighted by atomic mass is 19.1. The second kappa shape index (κ2) is 5.80. The molecular weight excluding hydrogens is 231 g/mol. The van der Waals surface area contributed by atoms with E-state index in [1.807, 2.05) is 0 Å². The molecule has 0 saturated heterocycles. The highest BCUT2D eigenvalue weighted by Gasteiger charge is 2.20. The third-order valence-electron chi connectivity index (χ3n) is 3.48. The number of halogens is 1. The Morgan fingerprint density at radius 1 is 1.39 bits per heavy atom. The van der Waals surface area contributed by atoms with Gasteiger partial charge in [-0.05, 0) is 36.8 Å². The molecule has 0 aromatic heterocycles. The fourth-order valence-electron chi connectivity index (χ4n) is 2.20. The molecule has 0 N–H and O–H groups in total. The smallest absolute Gasteiger partial charge is 0.165 e. The summed E-state index contributed by atoms with van der Waals surface area (Å²) in [6.07, 6.45) is 6.91. The molecule has 3 heteroatoms. The average molecular weight is 248 g/mol. The van der Waals surface area contributed by atoms with Crippen molar-refractivity contribution in [1.82, 2.24) is 0 Å². The Labute approximate surface area is 106 Å². The van der Waals surface area contributed by atoms with Gasteiger partial charge in [-0.2, -0.15) is 0 Å².